The van der Waals surface area contributed by atoms with Gasteiger partial charge in [-0.1, -0.05) is 32.7 Å². The van der Waals surface area contributed by atoms with E-state index in [1.165, 1.54) is 71.1 Å². The van der Waals surface area contributed by atoms with Crippen LogP contribution in [0.25, 0.3) is 0 Å². The summed E-state index contributed by atoms with van der Waals surface area (Å²) >= 11 is 0. The zero-order valence-electron chi connectivity index (χ0n) is 38.2. The first-order chi connectivity index (χ1) is 29.8. The molecule has 1 aliphatic heterocycles. The van der Waals surface area contributed by atoms with Crippen LogP contribution in [-0.2, 0) is 52.4 Å². The highest BCUT2D eigenvalue weighted by molar-refractivity contribution is 5.90. The van der Waals surface area contributed by atoms with Gasteiger partial charge in [-0.15, -0.1) is 0 Å². The molecule has 1 heterocycles. The van der Waals surface area contributed by atoms with E-state index in [0.29, 0.717) is 71.9 Å². The summed E-state index contributed by atoms with van der Waals surface area (Å²) in [6, 6.07) is 0. The molecule has 0 spiro atoms. The Morgan fingerprint density at radius 1 is 0.635 bits per heavy atom. The van der Waals surface area contributed by atoms with Crippen LogP contribution in [0.1, 0.15) is 137 Å². The fourth-order valence-electron chi connectivity index (χ4n) is 14.2. The van der Waals surface area contributed by atoms with Gasteiger partial charge in [-0.2, -0.15) is 0 Å². The summed E-state index contributed by atoms with van der Waals surface area (Å²) in [5.74, 6) is 5.90. The van der Waals surface area contributed by atoms with Gasteiger partial charge in [-0.05, 0) is 177 Å². The van der Waals surface area contributed by atoms with Gasteiger partial charge in [0.05, 0.1) is 18.3 Å². The average molecular weight is 877 g/mol. The summed E-state index contributed by atoms with van der Waals surface area (Å²) in [6.45, 7) is 21.3. The van der Waals surface area contributed by atoms with E-state index in [9.17, 15) is 29.1 Å². The lowest BCUT2D eigenvalue weighted by molar-refractivity contribution is -0.217. The topological polar surface area (TPSA) is 161 Å². The first-order valence-corrected chi connectivity index (χ1v) is 23.8. The summed E-state index contributed by atoms with van der Waals surface area (Å²) in [5.41, 5.74) is 0.741. The van der Waals surface area contributed by atoms with Crippen molar-refractivity contribution in [1.82, 2.24) is 0 Å². The zero-order valence-corrected chi connectivity index (χ0v) is 38.2. The summed E-state index contributed by atoms with van der Waals surface area (Å²) in [7, 11) is 0. The molecule has 8 unspecified atom stereocenters. The van der Waals surface area contributed by atoms with Crippen LogP contribution in [-0.4, -0.2) is 77.9 Å². The number of carbonyl (C=O) groups is 5. The number of rotatable bonds is 10. The van der Waals surface area contributed by atoms with E-state index >= 15 is 0 Å². The number of cyclic esters (lactones) is 1. The molecule has 12 rings (SSSR count). The standard InChI is InChI=1S/C15H22O3.C14H20O3.C14H20O2.C8H10O4/c1-9(2)15(16)18-8-17-14-12-4-10-3-11(6-12)7-13(14)5-10;1-9(2)12(15)17-14-6-10-3-11(7-14)5-13(16,4-10)8-14;1-8(2)14(15)16-13-7-9-6-12(13)11-5-3-4-10(9)11;1-5(2)7(9)12-6-3-4-11-8(6)10/h10-14H,1,3-8H2,2H3;10-11,16H,1,3-8H2,2H3;9-13H,1,3-7H2,2H3;6H,1,3-4H2,2H3. The van der Waals surface area contributed by atoms with Crippen LogP contribution in [0.2, 0.25) is 0 Å². The Bertz CT molecular complexity index is 1790. The molecular weight excluding hydrogens is 805 g/mol. The lowest BCUT2D eigenvalue weighted by Crippen LogP contribution is -2.60. The van der Waals surface area contributed by atoms with E-state index in [1.807, 2.05) is 0 Å². The summed E-state index contributed by atoms with van der Waals surface area (Å²) in [6.07, 6.45) is 19.1. The van der Waals surface area contributed by atoms with E-state index in [-0.39, 0.29) is 36.4 Å². The lowest BCUT2D eigenvalue weighted by atomic mass is 9.52. The van der Waals surface area contributed by atoms with Gasteiger partial charge in [0.25, 0.3) is 0 Å². The normalized spacial score (nSPS) is 39.8. The number of fused-ring (bicyclic) bond motifs is 5. The maximum atomic E-state index is 11.7. The Balaban J connectivity index is 0.000000127. The van der Waals surface area contributed by atoms with Crippen LogP contribution in [0.4, 0.5) is 0 Å². The van der Waals surface area contributed by atoms with Crippen molar-refractivity contribution in [1.29, 1.82) is 0 Å². The van der Waals surface area contributed by atoms with Crippen molar-refractivity contribution in [2.45, 2.75) is 166 Å². The predicted octanol–water partition coefficient (Wildman–Crippen LogP) is 8.45. The van der Waals surface area contributed by atoms with Crippen molar-refractivity contribution >= 4 is 29.8 Å². The van der Waals surface area contributed by atoms with Gasteiger partial charge in [-0.3, -0.25) is 0 Å². The zero-order chi connectivity index (χ0) is 45.4. The molecule has 63 heavy (non-hydrogen) atoms. The third-order valence-electron chi connectivity index (χ3n) is 16.0. The molecule has 10 bridgehead atoms. The number of esters is 5. The maximum Gasteiger partial charge on any atom is 0.347 e. The SMILES string of the molecule is C=C(C)C(=O)OC12CC3CC(CC(O)(C3)C1)C2.C=C(C)C(=O)OC1CC2CC1C1CCCC21.C=C(C)C(=O)OC1CCOC1=O.C=C(C)C(=O)OCOC1C2CC3CC(C2)CC1C3. The average Bonchev–Trinajstić information content (AvgIpc) is 4.00. The number of aliphatic hydroxyl groups is 1. The Kier molecular flexibility index (Phi) is 14.5. The minimum atomic E-state index is -0.728. The summed E-state index contributed by atoms with van der Waals surface area (Å²) in [5, 5.41) is 10.5. The second-order valence-corrected chi connectivity index (χ2v) is 21.4. The van der Waals surface area contributed by atoms with E-state index in [1.54, 1.807) is 20.8 Å². The first-order valence-electron chi connectivity index (χ1n) is 23.8. The van der Waals surface area contributed by atoms with Gasteiger partial charge in [0.2, 0.25) is 6.10 Å². The molecule has 1 saturated heterocycles. The molecule has 12 fully saturated rings. The van der Waals surface area contributed by atoms with Gasteiger partial charge in [0.1, 0.15) is 11.7 Å². The molecule has 8 atom stereocenters. The minimum Gasteiger partial charge on any atom is -0.463 e. The lowest BCUT2D eigenvalue weighted by Gasteiger charge is -2.59. The highest BCUT2D eigenvalue weighted by atomic mass is 16.7. The van der Waals surface area contributed by atoms with Gasteiger partial charge < -0.3 is 33.5 Å². The van der Waals surface area contributed by atoms with Crippen molar-refractivity contribution < 1.29 is 57.5 Å². The molecule has 0 aromatic heterocycles. The molecule has 12 nitrogen and oxygen atoms in total. The fourth-order valence-corrected chi connectivity index (χ4v) is 14.2. The predicted molar refractivity (Wildman–Crippen MR) is 233 cm³/mol. The van der Waals surface area contributed by atoms with Crippen LogP contribution in [0.5, 0.6) is 0 Å². The first kappa shape index (κ1) is 47.2. The van der Waals surface area contributed by atoms with E-state index in [2.05, 4.69) is 31.1 Å². The number of hydrogen-bond acceptors (Lipinski definition) is 12. The Hall–Kier alpha value is -3.77. The minimum absolute atomic E-state index is 0.0959. The molecule has 0 aromatic carbocycles. The van der Waals surface area contributed by atoms with E-state index in [4.69, 9.17) is 23.7 Å². The third kappa shape index (κ3) is 11.0. The molecule has 0 radical (unpaired) electrons. The van der Waals surface area contributed by atoms with Gasteiger partial charge in [-0.25, -0.2) is 24.0 Å². The Morgan fingerprint density at radius 3 is 1.73 bits per heavy atom. The highest BCUT2D eigenvalue weighted by Crippen LogP contribution is 2.60. The van der Waals surface area contributed by atoms with Gasteiger partial charge in [0.15, 0.2) is 6.79 Å². The van der Waals surface area contributed by atoms with Gasteiger partial charge >= 0.3 is 29.8 Å². The van der Waals surface area contributed by atoms with Crippen molar-refractivity contribution in [3.63, 3.8) is 0 Å². The smallest absolute Gasteiger partial charge is 0.347 e. The molecule has 0 aromatic rings. The number of ether oxygens (including phenoxy) is 6. The molecule has 1 N–H and O–H groups in total. The van der Waals surface area contributed by atoms with Crippen molar-refractivity contribution in [2.24, 2.45) is 59.2 Å². The summed E-state index contributed by atoms with van der Waals surface area (Å²) in [4.78, 5) is 56.3. The molecule has 12 heteroatoms. The molecule has 11 saturated carbocycles. The van der Waals surface area contributed by atoms with Crippen LogP contribution >= 0.6 is 0 Å². The quantitative estimate of drug-likeness (QED) is 0.0967. The van der Waals surface area contributed by atoms with Crippen LogP contribution in [0.15, 0.2) is 48.6 Å². The highest BCUT2D eigenvalue weighted by Gasteiger charge is 2.59. The Labute approximate surface area is 373 Å². The molecule has 12 aliphatic rings. The molecule has 11 aliphatic carbocycles. The van der Waals surface area contributed by atoms with E-state index in [0.717, 1.165) is 61.7 Å². The van der Waals surface area contributed by atoms with Crippen LogP contribution in [0.3, 0.4) is 0 Å². The van der Waals surface area contributed by atoms with Crippen molar-refractivity contribution in [3.05, 3.63) is 48.6 Å². The fraction of sp³-hybridized carbons (Fsp3) is 0.745. The number of hydrogen-bond donors (Lipinski definition) is 1. The van der Waals surface area contributed by atoms with Crippen LogP contribution in [0, 0.1) is 59.2 Å². The van der Waals surface area contributed by atoms with E-state index < -0.39 is 29.2 Å². The van der Waals surface area contributed by atoms with Crippen molar-refractivity contribution in [3.8, 4) is 0 Å². The molecular formula is C51H72O12. The third-order valence-corrected chi connectivity index (χ3v) is 16.0. The van der Waals surface area contributed by atoms with Crippen molar-refractivity contribution in [2.75, 3.05) is 13.4 Å². The second-order valence-electron chi connectivity index (χ2n) is 21.4. The summed E-state index contributed by atoms with van der Waals surface area (Å²) < 4.78 is 31.5. The maximum absolute atomic E-state index is 11.7. The Morgan fingerprint density at radius 2 is 1.19 bits per heavy atom. The monoisotopic (exact) mass is 877 g/mol. The van der Waals surface area contributed by atoms with Crippen LogP contribution < -0.4 is 0 Å². The van der Waals surface area contributed by atoms with Gasteiger partial charge in [0, 0.05) is 35.1 Å². The largest absolute Gasteiger partial charge is 0.463 e. The second kappa shape index (κ2) is 19.4. The molecule has 348 valence electrons. The number of carbonyl (C=O) groups excluding carboxylic acids is 5. The molecule has 0 amide bonds.